The Labute approximate surface area is 115 Å². The van der Waals surface area contributed by atoms with E-state index in [0.717, 1.165) is 19.3 Å². The number of esters is 1. The van der Waals surface area contributed by atoms with Gasteiger partial charge in [-0.05, 0) is 38.0 Å². The van der Waals surface area contributed by atoms with Gasteiger partial charge in [0.1, 0.15) is 6.61 Å². The van der Waals surface area contributed by atoms with E-state index in [0.29, 0.717) is 25.2 Å². The number of carbonyl (C=O) groups excluding carboxylic acids is 1. The Bertz CT molecular complexity index is 357. The van der Waals surface area contributed by atoms with Gasteiger partial charge in [0, 0.05) is 0 Å². The van der Waals surface area contributed by atoms with Crippen molar-refractivity contribution in [2.24, 2.45) is 11.3 Å². The second kappa shape index (κ2) is 5.66. The summed E-state index contributed by atoms with van der Waals surface area (Å²) >= 11 is 0. The molecular weight excluding hydrogens is 240 g/mol. The lowest BCUT2D eigenvalue weighted by Gasteiger charge is -2.23. The zero-order valence-corrected chi connectivity index (χ0v) is 11.6. The van der Waals surface area contributed by atoms with E-state index in [1.54, 1.807) is 0 Å². The molecule has 0 spiro atoms. The molecule has 106 valence electrons. The van der Waals surface area contributed by atoms with E-state index in [1.807, 2.05) is 0 Å². The summed E-state index contributed by atoms with van der Waals surface area (Å²) < 4.78 is 11.2. The van der Waals surface area contributed by atoms with Crippen LogP contribution in [-0.2, 0) is 14.3 Å². The molecule has 2 saturated carbocycles. The van der Waals surface area contributed by atoms with Crippen molar-refractivity contribution in [1.82, 2.24) is 0 Å². The minimum Gasteiger partial charge on any atom is -0.463 e. The SMILES string of the molecule is O=C(OCCOC1CCCCC1)C12C=CC(CC1)C2. The van der Waals surface area contributed by atoms with Crippen molar-refractivity contribution in [2.75, 3.05) is 13.2 Å². The lowest BCUT2D eigenvalue weighted by atomic mass is 9.88. The monoisotopic (exact) mass is 264 g/mol. The standard InChI is InChI=1S/C16H24O3/c17-15(16-8-6-13(12-16)7-9-16)19-11-10-18-14-4-2-1-3-5-14/h6,8,13-14H,1-5,7,9-12H2. The van der Waals surface area contributed by atoms with Crippen LogP contribution in [0.1, 0.15) is 51.4 Å². The van der Waals surface area contributed by atoms with Gasteiger partial charge in [0.15, 0.2) is 0 Å². The number of hydrogen-bond acceptors (Lipinski definition) is 3. The number of rotatable bonds is 5. The molecule has 3 aliphatic rings. The molecule has 0 aromatic heterocycles. The summed E-state index contributed by atoms with van der Waals surface area (Å²) in [6.07, 6.45) is 14.0. The Morgan fingerprint density at radius 1 is 1.16 bits per heavy atom. The Morgan fingerprint density at radius 2 is 2.00 bits per heavy atom. The first-order chi connectivity index (χ1) is 9.28. The fourth-order valence-electron chi connectivity index (χ4n) is 3.73. The van der Waals surface area contributed by atoms with Crippen molar-refractivity contribution >= 4 is 5.97 Å². The second-order valence-electron chi connectivity index (χ2n) is 6.28. The van der Waals surface area contributed by atoms with Crippen LogP contribution in [0.4, 0.5) is 0 Å². The highest BCUT2D eigenvalue weighted by molar-refractivity contribution is 5.80. The molecule has 2 unspecified atom stereocenters. The van der Waals surface area contributed by atoms with Crippen LogP contribution in [0.25, 0.3) is 0 Å². The average molecular weight is 264 g/mol. The highest BCUT2D eigenvalue weighted by Crippen LogP contribution is 2.49. The molecule has 2 bridgehead atoms. The van der Waals surface area contributed by atoms with Gasteiger partial charge in [-0.15, -0.1) is 0 Å². The van der Waals surface area contributed by atoms with Gasteiger partial charge in [-0.3, -0.25) is 4.79 Å². The molecule has 0 saturated heterocycles. The highest BCUT2D eigenvalue weighted by atomic mass is 16.6. The maximum atomic E-state index is 12.1. The largest absolute Gasteiger partial charge is 0.463 e. The minimum absolute atomic E-state index is 0.0315. The van der Waals surface area contributed by atoms with E-state index in [1.165, 1.54) is 32.1 Å². The minimum atomic E-state index is -0.282. The predicted octanol–water partition coefficient (Wildman–Crippen LogP) is 3.24. The van der Waals surface area contributed by atoms with E-state index in [9.17, 15) is 4.79 Å². The van der Waals surface area contributed by atoms with Crippen LogP contribution in [0.3, 0.4) is 0 Å². The summed E-state index contributed by atoms with van der Waals surface area (Å²) in [5, 5.41) is 0. The Kier molecular flexibility index (Phi) is 3.92. The Hall–Kier alpha value is -0.830. The molecule has 0 amide bonds. The molecule has 3 aliphatic carbocycles. The summed E-state index contributed by atoms with van der Waals surface area (Å²) in [6.45, 7) is 0.967. The predicted molar refractivity (Wildman–Crippen MR) is 72.7 cm³/mol. The van der Waals surface area contributed by atoms with Crippen LogP contribution >= 0.6 is 0 Å². The summed E-state index contributed by atoms with van der Waals surface area (Å²) in [4.78, 5) is 12.1. The Balaban J connectivity index is 1.36. The van der Waals surface area contributed by atoms with Gasteiger partial charge in [-0.2, -0.15) is 0 Å². The van der Waals surface area contributed by atoms with E-state index >= 15 is 0 Å². The van der Waals surface area contributed by atoms with Gasteiger partial charge in [0.2, 0.25) is 0 Å². The maximum Gasteiger partial charge on any atom is 0.316 e. The zero-order valence-electron chi connectivity index (χ0n) is 11.6. The summed E-state index contributed by atoms with van der Waals surface area (Å²) in [7, 11) is 0. The van der Waals surface area contributed by atoms with Gasteiger partial charge in [0.05, 0.1) is 18.1 Å². The number of carbonyl (C=O) groups is 1. The smallest absolute Gasteiger partial charge is 0.316 e. The van der Waals surface area contributed by atoms with Gasteiger partial charge >= 0.3 is 5.97 Å². The fourth-order valence-corrected chi connectivity index (χ4v) is 3.73. The second-order valence-corrected chi connectivity index (χ2v) is 6.28. The van der Waals surface area contributed by atoms with Gasteiger partial charge in [-0.1, -0.05) is 31.4 Å². The summed E-state index contributed by atoms with van der Waals surface area (Å²) in [5.41, 5.74) is -0.282. The lowest BCUT2D eigenvalue weighted by molar-refractivity contribution is -0.154. The van der Waals surface area contributed by atoms with E-state index < -0.39 is 0 Å². The van der Waals surface area contributed by atoms with Crippen molar-refractivity contribution < 1.29 is 14.3 Å². The summed E-state index contributed by atoms with van der Waals surface area (Å²) in [6, 6.07) is 0. The highest BCUT2D eigenvalue weighted by Gasteiger charge is 2.47. The topological polar surface area (TPSA) is 35.5 Å². The third-order valence-corrected chi connectivity index (χ3v) is 4.90. The molecule has 0 N–H and O–H groups in total. The average Bonchev–Trinajstić information content (AvgIpc) is 3.06. The number of fused-ring (bicyclic) bond motifs is 2. The third-order valence-electron chi connectivity index (χ3n) is 4.90. The van der Waals surface area contributed by atoms with Crippen molar-refractivity contribution in [3.05, 3.63) is 12.2 Å². The molecule has 0 aliphatic heterocycles. The number of ether oxygens (including phenoxy) is 2. The van der Waals surface area contributed by atoms with Crippen LogP contribution in [-0.4, -0.2) is 25.3 Å². The van der Waals surface area contributed by atoms with E-state index in [2.05, 4.69) is 12.2 Å². The molecule has 19 heavy (non-hydrogen) atoms. The van der Waals surface area contributed by atoms with E-state index in [4.69, 9.17) is 9.47 Å². The number of hydrogen-bond donors (Lipinski definition) is 0. The van der Waals surface area contributed by atoms with Gasteiger partial charge < -0.3 is 9.47 Å². The van der Waals surface area contributed by atoms with Crippen molar-refractivity contribution in [2.45, 2.75) is 57.5 Å². The van der Waals surface area contributed by atoms with Gasteiger partial charge in [-0.25, -0.2) is 0 Å². The number of allylic oxidation sites excluding steroid dienone is 1. The first kappa shape index (κ1) is 13.2. The molecule has 3 heteroatoms. The van der Waals surface area contributed by atoms with E-state index in [-0.39, 0.29) is 11.4 Å². The molecule has 3 rings (SSSR count). The molecule has 0 radical (unpaired) electrons. The van der Waals surface area contributed by atoms with Crippen LogP contribution in [0.15, 0.2) is 12.2 Å². The molecular formula is C16H24O3. The lowest BCUT2D eigenvalue weighted by Crippen LogP contribution is -2.29. The van der Waals surface area contributed by atoms with Gasteiger partial charge in [0.25, 0.3) is 0 Å². The molecule has 0 heterocycles. The van der Waals surface area contributed by atoms with Crippen LogP contribution in [0.2, 0.25) is 0 Å². The fraction of sp³-hybridized carbons (Fsp3) is 0.812. The van der Waals surface area contributed by atoms with Crippen LogP contribution < -0.4 is 0 Å². The van der Waals surface area contributed by atoms with Crippen molar-refractivity contribution in [3.8, 4) is 0 Å². The maximum absolute atomic E-state index is 12.1. The molecule has 0 aromatic rings. The molecule has 2 fully saturated rings. The van der Waals surface area contributed by atoms with Crippen molar-refractivity contribution in [1.29, 1.82) is 0 Å². The third kappa shape index (κ3) is 2.86. The zero-order chi connectivity index (χ0) is 13.1. The normalized spacial score (nSPS) is 33.8. The van der Waals surface area contributed by atoms with Crippen LogP contribution in [0.5, 0.6) is 0 Å². The molecule has 0 aromatic carbocycles. The molecule has 2 atom stereocenters. The Morgan fingerprint density at radius 3 is 2.63 bits per heavy atom. The van der Waals surface area contributed by atoms with Crippen molar-refractivity contribution in [3.63, 3.8) is 0 Å². The summed E-state index contributed by atoms with van der Waals surface area (Å²) in [5.74, 6) is 0.585. The van der Waals surface area contributed by atoms with Crippen LogP contribution in [0, 0.1) is 11.3 Å². The molecule has 3 nitrogen and oxygen atoms in total. The quantitative estimate of drug-likeness (QED) is 0.434. The first-order valence-electron chi connectivity index (χ1n) is 7.77. The first-order valence-corrected chi connectivity index (χ1v) is 7.77.